The second-order valence-electron chi connectivity index (χ2n) is 5.58. The third kappa shape index (κ3) is 4.09. The molecule has 0 spiro atoms. The number of fused-ring (bicyclic) bond motifs is 1. The number of nitrogens with zero attached hydrogens (tertiary/aromatic N) is 1. The number of aldehydes is 1. The van der Waals surface area contributed by atoms with E-state index in [4.69, 9.17) is 0 Å². The number of nitrogens with one attached hydrogen (secondary N) is 1. The fraction of sp³-hybridized carbons (Fsp3) is 0.353. The summed E-state index contributed by atoms with van der Waals surface area (Å²) in [6.07, 6.45) is 2.64. The van der Waals surface area contributed by atoms with Crippen LogP contribution in [-0.4, -0.2) is 35.3 Å². The summed E-state index contributed by atoms with van der Waals surface area (Å²) in [5.41, 5.74) is 0.977. The monoisotopic (exact) mass is 334 g/mol. The van der Waals surface area contributed by atoms with Gasteiger partial charge in [-0.2, -0.15) is 0 Å². The normalized spacial score (nSPS) is 11.6. The molecule has 23 heavy (non-hydrogen) atoms. The van der Waals surface area contributed by atoms with Gasteiger partial charge >= 0.3 is 0 Å². The number of anilines is 1. The quantitative estimate of drug-likeness (QED) is 0.595. The highest BCUT2D eigenvalue weighted by molar-refractivity contribution is 7.89. The molecule has 0 aromatic heterocycles. The molecular weight excluding hydrogens is 312 g/mol. The maximum absolute atomic E-state index is 12.6. The maximum Gasteiger partial charge on any atom is 0.241 e. The van der Waals surface area contributed by atoms with Crippen LogP contribution in [0.25, 0.3) is 10.8 Å². The zero-order valence-corrected chi connectivity index (χ0v) is 14.3. The average molecular weight is 334 g/mol. The molecule has 2 rings (SSSR count). The Labute approximate surface area is 137 Å². The first-order valence-corrected chi connectivity index (χ1v) is 9.08. The van der Waals surface area contributed by atoms with Crippen LogP contribution in [0, 0.1) is 0 Å². The highest BCUT2D eigenvalue weighted by Gasteiger charge is 2.17. The van der Waals surface area contributed by atoms with Crippen molar-refractivity contribution < 1.29 is 13.2 Å². The lowest BCUT2D eigenvalue weighted by molar-refractivity contribution is -0.107. The molecule has 0 fully saturated rings. The summed E-state index contributed by atoms with van der Waals surface area (Å²) in [4.78, 5) is 12.5. The van der Waals surface area contributed by atoms with E-state index in [1.807, 2.05) is 43.3 Å². The van der Waals surface area contributed by atoms with Gasteiger partial charge in [0.2, 0.25) is 10.0 Å². The Kier molecular flexibility index (Phi) is 5.74. The van der Waals surface area contributed by atoms with Crippen LogP contribution in [0.1, 0.15) is 19.3 Å². The largest absolute Gasteiger partial charge is 0.377 e. The highest BCUT2D eigenvalue weighted by Crippen LogP contribution is 2.30. The molecule has 2 aromatic rings. The van der Waals surface area contributed by atoms with Gasteiger partial charge in [-0.3, -0.25) is 0 Å². The standard InChI is InChI=1S/C17H22N2O3S/c1-19(2)16-10-6-9-15-14(16)8-7-11-17(15)23(21,22)18-12-4-3-5-13-20/h6-11,13,18H,3-5,12H2,1-2H3. The van der Waals surface area contributed by atoms with E-state index in [2.05, 4.69) is 4.72 Å². The molecule has 0 bridgehead atoms. The number of unbranched alkanes of at least 4 members (excludes halogenated alkanes) is 2. The molecule has 5 nitrogen and oxygen atoms in total. The fourth-order valence-electron chi connectivity index (χ4n) is 2.53. The fourth-order valence-corrected chi connectivity index (χ4v) is 3.82. The molecule has 0 saturated carbocycles. The van der Waals surface area contributed by atoms with Gasteiger partial charge in [-0.15, -0.1) is 0 Å². The number of sulfonamides is 1. The minimum atomic E-state index is -3.57. The van der Waals surface area contributed by atoms with Gasteiger partial charge in [0.1, 0.15) is 6.29 Å². The molecule has 1 N–H and O–H groups in total. The van der Waals surface area contributed by atoms with E-state index < -0.39 is 10.0 Å². The van der Waals surface area contributed by atoms with E-state index in [1.54, 1.807) is 12.1 Å². The Balaban J connectivity index is 2.32. The van der Waals surface area contributed by atoms with Crippen LogP contribution in [0.2, 0.25) is 0 Å². The molecular formula is C17H22N2O3S. The second kappa shape index (κ2) is 7.57. The highest BCUT2D eigenvalue weighted by atomic mass is 32.2. The van der Waals surface area contributed by atoms with Crippen LogP contribution in [-0.2, 0) is 14.8 Å². The predicted octanol–water partition coefficient (Wildman–Crippen LogP) is 2.55. The Morgan fingerprint density at radius 1 is 1.04 bits per heavy atom. The Morgan fingerprint density at radius 3 is 2.43 bits per heavy atom. The lowest BCUT2D eigenvalue weighted by atomic mass is 10.1. The molecule has 0 amide bonds. The van der Waals surface area contributed by atoms with Crippen molar-refractivity contribution in [1.82, 2.24) is 4.72 Å². The van der Waals surface area contributed by atoms with Crippen molar-refractivity contribution in [3.05, 3.63) is 36.4 Å². The van der Waals surface area contributed by atoms with Crippen LogP contribution in [0.4, 0.5) is 5.69 Å². The van der Waals surface area contributed by atoms with Gasteiger partial charge in [0.05, 0.1) is 4.90 Å². The molecule has 0 aliphatic carbocycles. The first-order valence-electron chi connectivity index (χ1n) is 7.60. The maximum atomic E-state index is 12.6. The average Bonchev–Trinajstić information content (AvgIpc) is 2.53. The van der Waals surface area contributed by atoms with E-state index in [9.17, 15) is 13.2 Å². The smallest absolute Gasteiger partial charge is 0.241 e. The van der Waals surface area contributed by atoms with Gasteiger partial charge in [0.15, 0.2) is 0 Å². The van der Waals surface area contributed by atoms with Gasteiger partial charge in [-0.1, -0.05) is 24.3 Å². The number of benzene rings is 2. The lowest BCUT2D eigenvalue weighted by Gasteiger charge is -2.17. The lowest BCUT2D eigenvalue weighted by Crippen LogP contribution is -2.25. The van der Waals surface area contributed by atoms with E-state index in [1.165, 1.54) is 0 Å². The third-order valence-corrected chi connectivity index (χ3v) is 5.19. The summed E-state index contributed by atoms with van der Waals surface area (Å²) in [7, 11) is 0.290. The Hall–Kier alpha value is -1.92. The summed E-state index contributed by atoms with van der Waals surface area (Å²) in [5, 5.41) is 1.61. The van der Waals surface area contributed by atoms with Crippen molar-refractivity contribution in [2.75, 3.05) is 25.5 Å². The minimum Gasteiger partial charge on any atom is -0.377 e. The molecule has 0 atom stereocenters. The van der Waals surface area contributed by atoms with E-state index in [0.717, 1.165) is 17.4 Å². The molecule has 0 aliphatic heterocycles. The predicted molar refractivity (Wildman–Crippen MR) is 93.4 cm³/mol. The van der Waals surface area contributed by atoms with Crippen molar-refractivity contribution >= 4 is 32.8 Å². The topological polar surface area (TPSA) is 66.5 Å². The van der Waals surface area contributed by atoms with Crippen LogP contribution >= 0.6 is 0 Å². The summed E-state index contributed by atoms with van der Waals surface area (Å²) < 4.78 is 27.7. The van der Waals surface area contributed by atoms with E-state index in [0.29, 0.717) is 31.2 Å². The first kappa shape index (κ1) is 17.4. The van der Waals surface area contributed by atoms with Crippen LogP contribution in [0.15, 0.2) is 41.3 Å². The zero-order valence-electron chi connectivity index (χ0n) is 13.5. The van der Waals surface area contributed by atoms with Crippen LogP contribution in [0.5, 0.6) is 0 Å². The summed E-state index contributed by atoms with van der Waals surface area (Å²) in [6.45, 7) is 0.333. The number of rotatable bonds is 8. The van der Waals surface area contributed by atoms with Crippen molar-refractivity contribution in [3.63, 3.8) is 0 Å². The zero-order chi connectivity index (χ0) is 16.9. The number of carbonyl (C=O) groups excluding carboxylic acids is 1. The molecule has 0 unspecified atom stereocenters. The molecule has 0 radical (unpaired) electrons. The first-order chi connectivity index (χ1) is 11.0. The minimum absolute atomic E-state index is 0.286. The van der Waals surface area contributed by atoms with E-state index in [-0.39, 0.29) is 4.90 Å². The Morgan fingerprint density at radius 2 is 1.74 bits per heavy atom. The van der Waals surface area contributed by atoms with Crippen molar-refractivity contribution in [2.45, 2.75) is 24.2 Å². The second-order valence-corrected chi connectivity index (χ2v) is 7.32. The molecule has 0 heterocycles. The van der Waals surface area contributed by atoms with Crippen molar-refractivity contribution in [1.29, 1.82) is 0 Å². The van der Waals surface area contributed by atoms with Gasteiger partial charge in [-0.25, -0.2) is 13.1 Å². The molecule has 0 aliphatic rings. The number of carbonyl (C=O) groups is 1. The van der Waals surface area contributed by atoms with Gasteiger partial charge in [0.25, 0.3) is 0 Å². The van der Waals surface area contributed by atoms with Crippen LogP contribution < -0.4 is 9.62 Å². The summed E-state index contributed by atoms with van der Waals surface area (Å²) in [6, 6.07) is 11.0. The molecule has 6 heteroatoms. The molecule has 2 aromatic carbocycles. The Bertz CT molecular complexity index is 786. The van der Waals surface area contributed by atoms with Gasteiger partial charge in [0, 0.05) is 43.5 Å². The van der Waals surface area contributed by atoms with Crippen molar-refractivity contribution in [3.8, 4) is 0 Å². The summed E-state index contributed by atoms with van der Waals surface area (Å²) >= 11 is 0. The SMILES string of the molecule is CN(C)c1cccc2c(S(=O)(=O)NCCCCC=O)cccc12. The molecule has 124 valence electrons. The number of hydrogen-bond acceptors (Lipinski definition) is 4. The van der Waals surface area contributed by atoms with Crippen LogP contribution in [0.3, 0.4) is 0 Å². The summed E-state index contributed by atoms with van der Waals surface area (Å²) in [5.74, 6) is 0. The van der Waals surface area contributed by atoms with Gasteiger partial charge in [-0.05, 0) is 25.0 Å². The van der Waals surface area contributed by atoms with Gasteiger partial charge < -0.3 is 9.69 Å². The third-order valence-electron chi connectivity index (χ3n) is 3.67. The van der Waals surface area contributed by atoms with Crippen molar-refractivity contribution in [2.24, 2.45) is 0 Å². The molecule has 0 saturated heterocycles. The number of hydrogen-bond donors (Lipinski definition) is 1. The van der Waals surface area contributed by atoms with E-state index >= 15 is 0 Å².